The molecule has 0 fully saturated rings. The van der Waals surface area contributed by atoms with Gasteiger partial charge in [0.1, 0.15) is 0 Å². The maximum atomic E-state index is 6.06. The Morgan fingerprint density at radius 1 is 1.33 bits per heavy atom. The molecule has 2 heterocycles. The number of aryl methyl sites for hydroxylation is 1. The van der Waals surface area contributed by atoms with Crippen LogP contribution in [0.5, 0.6) is 0 Å². The lowest BCUT2D eigenvalue weighted by molar-refractivity contribution is 0.661. The Balaban J connectivity index is 1.73. The summed E-state index contributed by atoms with van der Waals surface area (Å²) >= 11 is 3.49. The molecule has 6 heteroatoms. The molecule has 3 N–H and O–H groups in total. The van der Waals surface area contributed by atoms with Crippen LogP contribution in [0.4, 0.5) is 11.4 Å². The van der Waals surface area contributed by atoms with Crippen LogP contribution < -0.4 is 11.1 Å². The molecule has 3 rings (SSSR count). The van der Waals surface area contributed by atoms with Crippen LogP contribution in [0.15, 0.2) is 47.6 Å². The summed E-state index contributed by atoms with van der Waals surface area (Å²) in [5.74, 6) is 0. The fourth-order valence-electron chi connectivity index (χ4n) is 2.27. The van der Waals surface area contributed by atoms with Gasteiger partial charge in [-0.1, -0.05) is 15.9 Å². The van der Waals surface area contributed by atoms with Crippen molar-refractivity contribution in [2.24, 2.45) is 0 Å². The van der Waals surface area contributed by atoms with Crippen LogP contribution in [0.25, 0.3) is 10.9 Å². The molecule has 0 saturated carbocycles. The lowest BCUT2D eigenvalue weighted by Crippen LogP contribution is -2.08. The molecule has 0 bridgehead atoms. The molecule has 1 aromatic carbocycles. The molecule has 0 aliphatic heterocycles. The molecule has 5 nitrogen and oxygen atoms in total. The summed E-state index contributed by atoms with van der Waals surface area (Å²) in [4.78, 5) is 8.39. The molecule has 0 spiro atoms. The third kappa shape index (κ3) is 3.16. The van der Waals surface area contributed by atoms with Crippen molar-refractivity contribution >= 4 is 38.2 Å². The van der Waals surface area contributed by atoms with E-state index in [1.165, 1.54) is 0 Å². The smallest absolute Gasteiger partial charge is 0.0945 e. The van der Waals surface area contributed by atoms with Crippen LogP contribution in [0.2, 0.25) is 0 Å². The minimum absolute atomic E-state index is 0.670. The van der Waals surface area contributed by atoms with Crippen molar-refractivity contribution in [2.45, 2.75) is 13.0 Å². The predicted molar refractivity (Wildman–Crippen MR) is 89.2 cm³/mol. The molecular formula is C15H16BrN5. The molecule has 0 unspecified atom stereocenters. The predicted octanol–water partition coefficient (Wildman–Crippen LogP) is 3.28. The van der Waals surface area contributed by atoms with E-state index in [1.807, 2.05) is 30.7 Å². The van der Waals surface area contributed by atoms with Crippen LogP contribution in [0, 0.1) is 0 Å². The number of nitrogens with one attached hydrogen (secondary N) is 1. The summed E-state index contributed by atoms with van der Waals surface area (Å²) in [6.45, 7) is 1.77. The molecule has 0 atom stereocenters. The van der Waals surface area contributed by atoms with Gasteiger partial charge in [-0.2, -0.15) is 0 Å². The normalized spacial score (nSPS) is 10.9. The van der Waals surface area contributed by atoms with Crippen LogP contribution in [0.1, 0.15) is 6.42 Å². The van der Waals surface area contributed by atoms with E-state index in [0.717, 1.165) is 40.6 Å². The summed E-state index contributed by atoms with van der Waals surface area (Å²) in [7, 11) is 0. The molecule has 0 amide bonds. The molecule has 3 aromatic rings. The molecule has 0 aliphatic carbocycles. The van der Waals surface area contributed by atoms with Crippen molar-refractivity contribution in [3.63, 3.8) is 0 Å². The number of anilines is 2. The first-order valence-electron chi connectivity index (χ1n) is 6.77. The van der Waals surface area contributed by atoms with Crippen molar-refractivity contribution in [2.75, 3.05) is 17.6 Å². The maximum Gasteiger partial charge on any atom is 0.0945 e. The number of pyridine rings is 1. The van der Waals surface area contributed by atoms with Gasteiger partial charge in [0.25, 0.3) is 0 Å². The summed E-state index contributed by atoms with van der Waals surface area (Å²) in [5.41, 5.74) is 8.61. The highest BCUT2D eigenvalue weighted by Gasteiger charge is 2.06. The van der Waals surface area contributed by atoms with Crippen molar-refractivity contribution in [3.05, 3.63) is 47.6 Å². The number of halogens is 1. The summed E-state index contributed by atoms with van der Waals surface area (Å²) in [6, 6.07) is 6.00. The fraction of sp³-hybridized carbons (Fsp3) is 0.200. The molecule has 108 valence electrons. The molecular weight excluding hydrogens is 330 g/mol. The van der Waals surface area contributed by atoms with E-state index in [1.54, 1.807) is 12.4 Å². The minimum atomic E-state index is 0.670. The number of fused-ring (bicyclic) bond motifs is 1. The number of imidazole rings is 1. The highest BCUT2D eigenvalue weighted by Crippen LogP contribution is 2.29. The second kappa shape index (κ2) is 6.13. The van der Waals surface area contributed by atoms with E-state index in [2.05, 4.69) is 35.8 Å². The van der Waals surface area contributed by atoms with Gasteiger partial charge in [0, 0.05) is 35.3 Å². The lowest BCUT2D eigenvalue weighted by atomic mass is 10.1. The first-order chi connectivity index (χ1) is 10.2. The first kappa shape index (κ1) is 13.9. The third-order valence-electron chi connectivity index (χ3n) is 3.31. The molecule has 2 aromatic heterocycles. The van der Waals surface area contributed by atoms with Gasteiger partial charge < -0.3 is 15.6 Å². The Morgan fingerprint density at radius 2 is 2.24 bits per heavy atom. The Kier molecular flexibility index (Phi) is 4.06. The summed E-state index contributed by atoms with van der Waals surface area (Å²) in [5, 5.41) is 4.46. The quantitative estimate of drug-likeness (QED) is 0.696. The van der Waals surface area contributed by atoms with Crippen LogP contribution >= 0.6 is 15.9 Å². The van der Waals surface area contributed by atoms with Gasteiger partial charge in [-0.3, -0.25) is 4.98 Å². The van der Waals surface area contributed by atoms with Gasteiger partial charge in [-0.25, -0.2) is 4.98 Å². The highest BCUT2D eigenvalue weighted by molar-refractivity contribution is 9.10. The Labute approximate surface area is 131 Å². The second-order valence-corrected chi connectivity index (χ2v) is 5.75. The van der Waals surface area contributed by atoms with Gasteiger partial charge >= 0.3 is 0 Å². The second-order valence-electron chi connectivity index (χ2n) is 4.83. The van der Waals surface area contributed by atoms with Gasteiger partial charge in [0.2, 0.25) is 0 Å². The number of hydrogen-bond donors (Lipinski definition) is 2. The zero-order valence-corrected chi connectivity index (χ0v) is 13.0. The third-order valence-corrected chi connectivity index (χ3v) is 3.81. The molecule has 0 saturated heterocycles. The molecule has 0 aliphatic rings. The number of rotatable bonds is 5. The standard InChI is InChI=1S/C15H16BrN5/c16-11-2-3-14-12(8-11)15(13(17)9-20-14)19-4-1-6-21-7-5-18-10-21/h2-3,5,7-10H,1,4,6,17H2,(H,19,20). The van der Waals surface area contributed by atoms with Gasteiger partial charge in [-0.05, 0) is 24.6 Å². The largest absolute Gasteiger partial charge is 0.396 e. The Bertz CT molecular complexity index is 734. The van der Waals surface area contributed by atoms with Crippen LogP contribution in [-0.4, -0.2) is 21.1 Å². The van der Waals surface area contributed by atoms with Crippen LogP contribution in [-0.2, 0) is 6.54 Å². The topological polar surface area (TPSA) is 68.8 Å². The molecule has 0 radical (unpaired) electrons. The zero-order valence-electron chi connectivity index (χ0n) is 11.5. The SMILES string of the molecule is Nc1cnc2ccc(Br)cc2c1NCCCn1ccnc1. The number of nitrogens with two attached hydrogens (primary N) is 1. The first-order valence-corrected chi connectivity index (χ1v) is 7.57. The van der Waals surface area contributed by atoms with Crippen molar-refractivity contribution in [1.29, 1.82) is 0 Å². The van der Waals surface area contributed by atoms with E-state index < -0.39 is 0 Å². The summed E-state index contributed by atoms with van der Waals surface area (Å²) < 4.78 is 3.08. The number of benzene rings is 1. The lowest BCUT2D eigenvalue weighted by Gasteiger charge is -2.12. The average Bonchev–Trinajstić information content (AvgIpc) is 2.98. The van der Waals surface area contributed by atoms with Gasteiger partial charge in [-0.15, -0.1) is 0 Å². The number of nitrogen functional groups attached to an aromatic ring is 1. The van der Waals surface area contributed by atoms with Crippen LogP contribution in [0.3, 0.4) is 0 Å². The van der Waals surface area contributed by atoms with E-state index in [4.69, 9.17) is 5.73 Å². The molecule has 21 heavy (non-hydrogen) atoms. The Hall–Kier alpha value is -2.08. The summed E-state index contributed by atoms with van der Waals surface area (Å²) in [6.07, 6.45) is 8.28. The van der Waals surface area contributed by atoms with E-state index in [0.29, 0.717) is 5.69 Å². The van der Waals surface area contributed by atoms with E-state index in [-0.39, 0.29) is 0 Å². The Morgan fingerprint density at radius 3 is 3.05 bits per heavy atom. The van der Waals surface area contributed by atoms with Gasteiger partial charge in [0.05, 0.1) is 29.4 Å². The number of nitrogens with zero attached hydrogens (tertiary/aromatic N) is 3. The van der Waals surface area contributed by atoms with E-state index in [9.17, 15) is 0 Å². The number of aromatic nitrogens is 3. The minimum Gasteiger partial charge on any atom is -0.396 e. The maximum absolute atomic E-state index is 6.06. The highest BCUT2D eigenvalue weighted by atomic mass is 79.9. The van der Waals surface area contributed by atoms with Crippen molar-refractivity contribution < 1.29 is 0 Å². The van der Waals surface area contributed by atoms with Gasteiger partial charge in [0.15, 0.2) is 0 Å². The monoisotopic (exact) mass is 345 g/mol. The fourth-order valence-corrected chi connectivity index (χ4v) is 2.63. The van der Waals surface area contributed by atoms with E-state index >= 15 is 0 Å². The number of hydrogen-bond acceptors (Lipinski definition) is 4. The van der Waals surface area contributed by atoms with Crippen molar-refractivity contribution in [1.82, 2.24) is 14.5 Å². The average molecular weight is 346 g/mol. The zero-order chi connectivity index (χ0) is 14.7. The van der Waals surface area contributed by atoms with Crippen molar-refractivity contribution in [3.8, 4) is 0 Å².